The van der Waals surface area contributed by atoms with Crippen LogP contribution in [0.4, 0.5) is 32.8 Å². The average Bonchev–Trinajstić information content (AvgIpc) is 2.73. The number of nitrogens with zero attached hydrogens (tertiary/aromatic N) is 2. The van der Waals surface area contributed by atoms with Crippen molar-refractivity contribution in [2.24, 2.45) is 0 Å². The van der Waals surface area contributed by atoms with Gasteiger partial charge >= 0.3 is 18.4 Å². The Morgan fingerprint density at radius 2 is 2.00 bits per heavy atom. The highest BCUT2D eigenvalue weighted by Crippen LogP contribution is 2.24. The van der Waals surface area contributed by atoms with E-state index in [4.69, 9.17) is 14.2 Å². The van der Waals surface area contributed by atoms with Gasteiger partial charge in [0.05, 0.1) is 35.8 Å². The summed E-state index contributed by atoms with van der Waals surface area (Å²) in [5.74, 6) is -0.827. The van der Waals surface area contributed by atoms with Crippen molar-refractivity contribution in [3.8, 4) is 0 Å². The number of rotatable bonds is 6. The number of alkyl carbamates (subject to hydrolysis) is 1. The van der Waals surface area contributed by atoms with E-state index < -0.39 is 65.7 Å². The normalized spacial score (nSPS) is 18.9. The molecule has 1 aromatic rings. The van der Waals surface area contributed by atoms with E-state index in [9.17, 15) is 37.3 Å². The molecule has 1 saturated heterocycles. The van der Waals surface area contributed by atoms with E-state index in [0.29, 0.717) is 0 Å². The van der Waals surface area contributed by atoms with Crippen molar-refractivity contribution in [3.05, 3.63) is 45.8 Å². The third kappa shape index (κ3) is 9.03. The van der Waals surface area contributed by atoms with Crippen LogP contribution in [-0.2, 0) is 14.2 Å². The van der Waals surface area contributed by atoms with Crippen molar-refractivity contribution in [1.82, 2.24) is 10.2 Å². The zero-order chi connectivity index (χ0) is 26.4. The number of carbonyl (C=O) groups is 2. The molecule has 1 aliphatic heterocycles. The number of amides is 2. The Kier molecular flexibility index (Phi) is 9.01. The monoisotopic (exact) mass is 507 g/mol. The Morgan fingerprint density at radius 3 is 2.60 bits per heavy atom. The molecule has 0 radical (unpaired) electrons. The molecule has 0 aromatic heterocycles. The molecule has 1 fully saturated rings. The number of hydrogen-bond donors (Lipinski definition) is 1. The van der Waals surface area contributed by atoms with Crippen molar-refractivity contribution in [2.45, 2.75) is 44.7 Å². The molecule has 0 aliphatic carbocycles. The van der Waals surface area contributed by atoms with Crippen molar-refractivity contribution in [2.75, 3.05) is 26.3 Å². The Bertz CT molecular complexity index is 963. The number of nitrogens with one attached hydrogen (secondary N) is 1. The SMILES string of the molecule is CC(C)(C)OC(=O)N1CC(C=Cc2c(F)cccc2[N+](=O)[O-])OCC1COC(=O)NCC(F)(F)F. The number of carbonyl (C=O) groups excluding carboxylic acids is 2. The zero-order valence-corrected chi connectivity index (χ0v) is 19.1. The van der Waals surface area contributed by atoms with Crippen LogP contribution in [0, 0.1) is 15.9 Å². The van der Waals surface area contributed by atoms with E-state index in [1.165, 1.54) is 12.1 Å². The summed E-state index contributed by atoms with van der Waals surface area (Å²) < 4.78 is 66.6. The van der Waals surface area contributed by atoms with Gasteiger partial charge in [-0.1, -0.05) is 12.1 Å². The lowest BCUT2D eigenvalue weighted by molar-refractivity contribution is -0.385. The average molecular weight is 507 g/mol. The molecular weight excluding hydrogens is 482 g/mol. The zero-order valence-electron chi connectivity index (χ0n) is 19.1. The predicted molar refractivity (Wildman–Crippen MR) is 114 cm³/mol. The van der Waals surface area contributed by atoms with Gasteiger partial charge in [0, 0.05) is 6.07 Å². The summed E-state index contributed by atoms with van der Waals surface area (Å²) in [6.45, 7) is 2.42. The maximum Gasteiger partial charge on any atom is 0.410 e. The molecule has 1 aromatic carbocycles. The molecule has 2 rings (SSSR count). The molecule has 2 unspecified atom stereocenters. The molecule has 14 heteroatoms. The molecule has 1 N–H and O–H groups in total. The number of nitro groups is 1. The molecule has 194 valence electrons. The second kappa shape index (κ2) is 11.3. The first kappa shape index (κ1) is 27.8. The largest absolute Gasteiger partial charge is 0.447 e. The number of alkyl halides is 3. The summed E-state index contributed by atoms with van der Waals surface area (Å²) in [5.41, 5.74) is -1.63. The summed E-state index contributed by atoms with van der Waals surface area (Å²) in [7, 11) is 0. The minimum atomic E-state index is -4.62. The van der Waals surface area contributed by atoms with Crippen molar-refractivity contribution in [3.63, 3.8) is 0 Å². The summed E-state index contributed by atoms with van der Waals surface area (Å²) in [6, 6.07) is 2.49. The van der Waals surface area contributed by atoms with E-state index in [1.54, 1.807) is 26.1 Å². The summed E-state index contributed by atoms with van der Waals surface area (Å²) in [4.78, 5) is 35.9. The van der Waals surface area contributed by atoms with Gasteiger partial charge in [-0.2, -0.15) is 13.2 Å². The molecule has 10 nitrogen and oxygen atoms in total. The van der Waals surface area contributed by atoms with Gasteiger partial charge < -0.3 is 19.5 Å². The van der Waals surface area contributed by atoms with Gasteiger partial charge in [-0.25, -0.2) is 14.0 Å². The Hall–Kier alpha value is -3.42. The first-order valence-corrected chi connectivity index (χ1v) is 10.4. The second-order valence-electron chi connectivity index (χ2n) is 8.51. The number of halogens is 4. The molecular formula is C21H25F4N3O7. The predicted octanol–water partition coefficient (Wildman–Crippen LogP) is 4.04. The third-order valence-electron chi connectivity index (χ3n) is 4.49. The van der Waals surface area contributed by atoms with Crippen molar-refractivity contribution < 1.29 is 46.3 Å². The topological polar surface area (TPSA) is 120 Å². The van der Waals surface area contributed by atoms with Crippen LogP contribution in [0.5, 0.6) is 0 Å². The van der Waals surface area contributed by atoms with Crippen LogP contribution < -0.4 is 5.32 Å². The minimum absolute atomic E-state index is 0.161. The lowest BCUT2D eigenvalue weighted by Crippen LogP contribution is -2.55. The lowest BCUT2D eigenvalue weighted by Gasteiger charge is -2.39. The number of ether oxygens (including phenoxy) is 3. The maximum atomic E-state index is 14.1. The molecule has 2 amide bonds. The molecule has 2 atom stereocenters. The molecule has 35 heavy (non-hydrogen) atoms. The van der Waals surface area contributed by atoms with Crippen LogP contribution in [0.1, 0.15) is 26.3 Å². The second-order valence-corrected chi connectivity index (χ2v) is 8.51. The first-order valence-electron chi connectivity index (χ1n) is 10.4. The summed E-state index contributed by atoms with van der Waals surface area (Å²) in [5, 5.41) is 12.7. The van der Waals surface area contributed by atoms with Gasteiger partial charge in [0.25, 0.3) is 5.69 Å². The minimum Gasteiger partial charge on any atom is -0.447 e. The van der Waals surface area contributed by atoms with Gasteiger partial charge in [-0.05, 0) is 32.9 Å². The Labute approximate surface area is 197 Å². The van der Waals surface area contributed by atoms with Gasteiger partial charge in [-0.3, -0.25) is 15.0 Å². The molecule has 0 saturated carbocycles. The van der Waals surface area contributed by atoms with Gasteiger partial charge in [0.2, 0.25) is 0 Å². The number of benzene rings is 1. The van der Waals surface area contributed by atoms with Crippen LogP contribution in [-0.4, -0.2) is 72.2 Å². The maximum absolute atomic E-state index is 14.1. The van der Waals surface area contributed by atoms with Crippen LogP contribution in [0.15, 0.2) is 24.3 Å². The smallest absolute Gasteiger partial charge is 0.410 e. The standard InChI is InChI=1S/C21H25F4N3O7/c1-20(2,3)35-19(30)27-9-14(7-8-15-16(22)5-4-6-17(15)28(31)32)33-10-13(27)11-34-18(29)26-12-21(23,24)25/h4-8,13-14H,9-12H2,1-3H3,(H,26,29). The van der Waals surface area contributed by atoms with Crippen molar-refractivity contribution in [1.29, 1.82) is 0 Å². The van der Waals surface area contributed by atoms with Crippen LogP contribution >= 0.6 is 0 Å². The highest BCUT2D eigenvalue weighted by Gasteiger charge is 2.35. The molecule has 0 bridgehead atoms. The van der Waals surface area contributed by atoms with Gasteiger partial charge in [-0.15, -0.1) is 0 Å². The van der Waals surface area contributed by atoms with Gasteiger partial charge in [0.1, 0.15) is 24.6 Å². The van der Waals surface area contributed by atoms with Crippen LogP contribution in [0.3, 0.4) is 0 Å². The quantitative estimate of drug-likeness (QED) is 0.351. The molecule has 0 spiro atoms. The Morgan fingerprint density at radius 1 is 1.31 bits per heavy atom. The van der Waals surface area contributed by atoms with Gasteiger partial charge in [0.15, 0.2) is 0 Å². The summed E-state index contributed by atoms with van der Waals surface area (Å²) >= 11 is 0. The van der Waals surface area contributed by atoms with Crippen LogP contribution in [0.2, 0.25) is 0 Å². The van der Waals surface area contributed by atoms with Crippen molar-refractivity contribution >= 4 is 23.9 Å². The van der Waals surface area contributed by atoms with Crippen LogP contribution in [0.25, 0.3) is 6.08 Å². The highest BCUT2D eigenvalue weighted by atomic mass is 19.4. The molecule has 1 aliphatic rings. The molecule has 1 heterocycles. The fourth-order valence-corrected chi connectivity index (χ4v) is 2.97. The van der Waals surface area contributed by atoms with E-state index in [-0.39, 0.29) is 18.7 Å². The number of hydrogen-bond acceptors (Lipinski definition) is 7. The summed E-state index contributed by atoms with van der Waals surface area (Å²) in [6.07, 6.45) is -5.11. The fourth-order valence-electron chi connectivity index (χ4n) is 2.97. The van der Waals surface area contributed by atoms with E-state index in [0.717, 1.165) is 23.1 Å². The number of morpholine rings is 1. The van der Waals surface area contributed by atoms with E-state index in [2.05, 4.69) is 0 Å². The Balaban J connectivity index is 2.13. The van der Waals surface area contributed by atoms with E-state index >= 15 is 0 Å². The van der Waals surface area contributed by atoms with E-state index in [1.807, 2.05) is 0 Å². The lowest BCUT2D eigenvalue weighted by atomic mass is 10.1. The highest BCUT2D eigenvalue weighted by molar-refractivity contribution is 5.70. The third-order valence-corrected chi connectivity index (χ3v) is 4.49. The number of nitro benzene ring substituents is 1. The fraction of sp³-hybridized carbons (Fsp3) is 0.524. The first-order chi connectivity index (χ1) is 16.2.